The summed E-state index contributed by atoms with van der Waals surface area (Å²) in [7, 11) is 0. The molecule has 4 aromatic rings. The van der Waals surface area contributed by atoms with Gasteiger partial charge in [-0.3, -0.25) is 9.78 Å². The van der Waals surface area contributed by atoms with Crippen molar-refractivity contribution < 1.29 is 4.79 Å². The van der Waals surface area contributed by atoms with Crippen LogP contribution in [0.3, 0.4) is 0 Å². The van der Waals surface area contributed by atoms with E-state index < -0.39 is 0 Å². The molecule has 0 unspecified atom stereocenters. The van der Waals surface area contributed by atoms with Gasteiger partial charge in [0.1, 0.15) is 0 Å². The molecule has 2 aromatic carbocycles. The zero-order chi connectivity index (χ0) is 19.2. The van der Waals surface area contributed by atoms with Gasteiger partial charge in [-0.05, 0) is 42.3 Å². The summed E-state index contributed by atoms with van der Waals surface area (Å²) in [6, 6.07) is 21.9. The van der Waals surface area contributed by atoms with Crippen LogP contribution in [-0.2, 0) is 17.0 Å². The Morgan fingerprint density at radius 3 is 2.71 bits per heavy atom. The van der Waals surface area contributed by atoms with E-state index in [0.29, 0.717) is 6.42 Å². The van der Waals surface area contributed by atoms with Gasteiger partial charge in [0, 0.05) is 24.1 Å². The first-order valence-corrected chi connectivity index (χ1v) is 10.8. The van der Waals surface area contributed by atoms with Gasteiger partial charge < -0.3 is 5.32 Å². The Balaban J connectivity index is 1.36. The van der Waals surface area contributed by atoms with Crippen molar-refractivity contribution >= 4 is 44.9 Å². The van der Waals surface area contributed by atoms with E-state index in [1.165, 1.54) is 5.56 Å². The zero-order valence-electron chi connectivity index (χ0n) is 15.2. The smallest absolute Gasteiger partial charge is 0.224 e. The predicted molar refractivity (Wildman–Crippen MR) is 117 cm³/mol. The van der Waals surface area contributed by atoms with E-state index in [1.807, 2.05) is 66.7 Å². The zero-order valence-corrected chi connectivity index (χ0v) is 16.8. The minimum atomic E-state index is 0.0254. The molecule has 2 heterocycles. The fourth-order valence-corrected chi connectivity index (χ4v) is 4.81. The van der Waals surface area contributed by atoms with Gasteiger partial charge in [-0.1, -0.05) is 48.2 Å². The topological polar surface area (TPSA) is 54.9 Å². The monoisotopic (exact) mass is 405 g/mol. The largest absolute Gasteiger partial charge is 0.326 e. The Labute approximate surface area is 172 Å². The van der Waals surface area contributed by atoms with E-state index in [0.717, 1.165) is 38.1 Å². The SMILES string of the molecule is O=C(CCc1ccccc1)Nc1ccc2nc(SCc3ccccn3)sc2c1. The Morgan fingerprint density at radius 1 is 1.04 bits per heavy atom. The van der Waals surface area contributed by atoms with Gasteiger partial charge in [0.2, 0.25) is 5.91 Å². The van der Waals surface area contributed by atoms with E-state index in [1.54, 1.807) is 29.3 Å². The maximum Gasteiger partial charge on any atom is 0.224 e. The summed E-state index contributed by atoms with van der Waals surface area (Å²) in [6.45, 7) is 0. The molecule has 0 aliphatic rings. The van der Waals surface area contributed by atoms with E-state index in [-0.39, 0.29) is 5.91 Å². The lowest BCUT2D eigenvalue weighted by atomic mass is 10.1. The van der Waals surface area contributed by atoms with Gasteiger partial charge in [0.15, 0.2) is 4.34 Å². The lowest BCUT2D eigenvalue weighted by Gasteiger charge is -2.05. The third-order valence-electron chi connectivity index (χ3n) is 4.21. The first kappa shape index (κ1) is 18.7. The molecule has 0 saturated carbocycles. The standard InChI is InChI=1S/C22H19N3OS2/c26-21(12-9-16-6-2-1-3-7-16)24-17-10-11-19-20(14-17)28-22(25-19)27-15-18-8-4-5-13-23-18/h1-8,10-11,13-14H,9,12,15H2,(H,24,26). The number of thioether (sulfide) groups is 1. The average molecular weight is 406 g/mol. The number of anilines is 1. The number of carbonyl (C=O) groups is 1. The highest BCUT2D eigenvalue weighted by Gasteiger charge is 2.08. The van der Waals surface area contributed by atoms with Crippen molar-refractivity contribution in [1.82, 2.24) is 9.97 Å². The second kappa shape index (κ2) is 8.99. The summed E-state index contributed by atoms with van der Waals surface area (Å²) in [5.74, 6) is 0.821. The van der Waals surface area contributed by atoms with Crippen LogP contribution in [0.1, 0.15) is 17.7 Å². The van der Waals surface area contributed by atoms with E-state index >= 15 is 0 Å². The summed E-state index contributed by atoms with van der Waals surface area (Å²) < 4.78 is 2.08. The van der Waals surface area contributed by atoms with Crippen molar-refractivity contribution in [2.45, 2.75) is 22.9 Å². The number of aryl methyl sites for hydroxylation is 1. The van der Waals surface area contributed by atoms with Gasteiger partial charge in [-0.15, -0.1) is 11.3 Å². The van der Waals surface area contributed by atoms with Crippen LogP contribution in [0.4, 0.5) is 5.69 Å². The Hall–Kier alpha value is -2.70. The molecule has 4 nitrogen and oxygen atoms in total. The number of pyridine rings is 1. The normalized spacial score (nSPS) is 10.9. The number of nitrogens with zero attached hydrogens (tertiary/aromatic N) is 2. The first-order chi connectivity index (χ1) is 13.8. The number of benzene rings is 2. The quantitative estimate of drug-likeness (QED) is 0.409. The third-order valence-corrected chi connectivity index (χ3v) is 6.40. The molecular formula is C22H19N3OS2. The van der Waals surface area contributed by atoms with Crippen LogP contribution in [0.5, 0.6) is 0 Å². The number of carbonyl (C=O) groups excluding carboxylic acids is 1. The van der Waals surface area contributed by atoms with Gasteiger partial charge in [-0.2, -0.15) is 0 Å². The highest BCUT2D eigenvalue weighted by Crippen LogP contribution is 2.32. The third kappa shape index (κ3) is 4.97. The molecule has 1 N–H and O–H groups in total. The van der Waals surface area contributed by atoms with Crippen molar-refractivity contribution in [1.29, 1.82) is 0 Å². The molecule has 4 rings (SSSR count). The van der Waals surface area contributed by atoms with Crippen molar-refractivity contribution in [3.63, 3.8) is 0 Å². The van der Waals surface area contributed by atoms with Gasteiger partial charge in [0.25, 0.3) is 0 Å². The van der Waals surface area contributed by atoms with Crippen LogP contribution in [0, 0.1) is 0 Å². The Bertz CT molecular complexity index is 1070. The lowest BCUT2D eigenvalue weighted by molar-refractivity contribution is -0.116. The molecular weight excluding hydrogens is 386 g/mol. The second-order valence-electron chi connectivity index (χ2n) is 6.31. The van der Waals surface area contributed by atoms with Crippen LogP contribution in [0.2, 0.25) is 0 Å². The molecule has 0 fully saturated rings. The molecule has 0 spiro atoms. The number of fused-ring (bicyclic) bond motifs is 1. The van der Waals surface area contributed by atoms with Gasteiger partial charge in [-0.25, -0.2) is 4.98 Å². The molecule has 1 amide bonds. The number of aromatic nitrogens is 2. The van der Waals surface area contributed by atoms with Crippen molar-refractivity contribution in [3.05, 3.63) is 84.2 Å². The fourth-order valence-electron chi connectivity index (χ4n) is 2.79. The number of rotatable bonds is 7. The molecule has 6 heteroatoms. The minimum Gasteiger partial charge on any atom is -0.326 e. The lowest BCUT2D eigenvalue weighted by Crippen LogP contribution is -2.12. The molecule has 0 atom stereocenters. The number of hydrogen-bond donors (Lipinski definition) is 1. The molecule has 0 bridgehead atoms. The molecule has 2 aromatic heterocycles. The van der Waals surface area contributed by atoms with E-state index in [4.69, 9.17) is 0 Å². The van der Waals surface area contributed by atoms with Gasteiger partial charge >= 0.3 is 0 Å². The Kier molecular flexibility index (Phi) is 5.99. The second-order valence-corrected chi connectivity index (χ2v) is 8.56. The maximum absolute atomic E-state index is 12.3. The summed E-state index contributed by atoms with van der Waals surface area (Å²) in [6.07, 6.45) is 3.01. The molecule has 0 aliphatic heterocycles. The van der Waals surface area contributed by atoms with Crippen LogP contribution in [0.15, 0.2) is 77.3 Å². The van der Waals surface area contributed by atoms with Crippen molar-refractivity contribution in [2.24, 2.45) is 0 Å². The fraction of sp³-hybridized carbons (Fsp3) is 0.136. The summed E-state index contributed by atoms with van der Waals surface area (Å²) in [5.41, 5.74) is 3.98. The number of amides is 1. The molecule has 0 radical (unpaired) electrons. The summed E-state index contributed by atoms with van der Waals surface area (Å²) >= 11 is 3.32. The maximum atomic E-state index is 12.3. The summed E-state index contributed by atoms with van der Waals surface area (Å²) in [5, 5.41) is 2.99. The molecule has 140 valence electrons. The predicted octanol–water partition coefficient (Wildman–Crippen LogP) is 5.55. The molecule has 0 aliphatic carbocycles. The average Bonchev–Trinajstić information content (AvgIpc) is 3.14. The van der Waals surface area contributed by atoms with Crippen molar-refractivity contribution in [3.8, 4) is 0 Å². The highest BCUT2D eigenvalue weighted by molar-refractivity contribution is 8.00. The van der Waals surface area contributed by atoms with E-state index in [2.05, 4.69) is 15.3 Å². The van der Waals surface area contributed by atoms with Crippen molar-refractivity contribution in [2.75, 3.05) is 5.32 Å². The van der Waals surface area contributed by atoms with Crippen LogP contribution >= 0.6 is 23.1 Å². The highest BCUT2D eigenvalue weighted by atomic mass is 32.2. The Morgan fingerprint density at radius 2 is 1.89 bits per heavy atom. The van der Waals surface area contributed by atoms with Crippen LogP contribution < -0.4 is 5.32 Å². The first-order valence-electron chi connectivity index (χ1n) is 9.03. The number of hydrogen-bond acceptors (Lipinski definition) is 5. The van der Waals surface area contributed by atoms with E-state index in [9.17, 15) is 4.79 Å². The molecule has 28 heavy (non-hydrogen) atoms. The number of thiazole rings is 1. The number of nitrogens with one attached hydrogen (secondary N) is 1. The summed E-state index contributed by atoms with van der Waals surface area (Å²) in [4.78, 5) is 21.3. The minimum absolute atomic E-state index is 0.0254. The van der Waals surface area contributed by atoms with Crippen LogP contribution in [-0.4, -0.2) is 15.9 Å². The van der Waals surface area contributed by atoms with Crippen LogP contribution in [0.25, 0.3) is 10.2 Å². The molecule has 0 saturated heterocycles. The van der Waals surface area contributed by atoms with Gasteiger partial charge in [0.05, 0.1) is 15.9 Å².